The molecule has 1 N–H and O–H groups in total. The lowest BCUT2D eigenvalue weighted by Gasteiger charge is -2.00. The van der Waals surface area contributed by atoms with Gasteiger partial charge in [-0.05, 0) is 33.7 Å². The molecule has 0 fully saturated rings. The van der Waals surface area contributed by atoms with Crippen LogP contribution in [0.3, 0.4) is 0 Å². The lowest BCUT2D eigenvalue weighted by atomic mass is 10.1. The van der Waals surface area contributed by atoms with Crippen molar-refractivity contribution in [3.05, 3.63) is 23.8 Å². The van der Waals surface area contributed by atoms with Crippen LogP contribution in [0.1, 0.15) is 26.7 Å². The van der Waals surface area contributed by atoms with Gasteiger partial charge in [-0.15, -0.1) is 6.58 Å². The van der Waals surface area contributed by atoms with Crippen LogP contribution in [0.4, 0.5) is 0 Å². The van der Waals surface area contributed by atoms with Crippen molar-refractivity contribution in [1.82, 2.24) is 5.32 Å². The third-order valence-corrected chi connectivity index (χ3v) is 1.60. The molecule has 0 saturated carbocycles. The van der Waals surface area contributed by atoms with Crippen molar-refractivity contribution in [2.24, 2.45) is 0 Å². The Bertz CT molecular complexity index is 145. The van der Waals surface area contributed by atoms with Crippen molar-refractivity contribution in [3.8, 4) is 0 Å². The Morgan fingerprint density at radius 3 is 2.45 bits per heavy atom. The Morgan fingerprint density at radius 2 is 2.00 bits per heavy atom. The van der Waals surface area contributed by atoms with Gasteiger partial charge in [0.2, 0.25) is 0 Å². The number of likely N-dealkylation sites (N-methyl/N-ethyl adjacent to an activating group) is 1. The van der Waals surface area contributed by atoms with E-state index in [4.69, 9.17) is 0 Å². The summed E-state index contributed by atoms with van der Waals surface area (Å²) >= 11 is 0. The van der Waals surface area contributed by atoms with Gasteiger partial charge in [-0.2, -0.15) is 0 Å². The number of allylic oxidation sites excluding steroid dienone is 2. The van der Waals surface area contributed by atoms with Crippen molar-refractivity contribution in [2.75, 3.05) is 13.6 Å². The second kappa shape index (κ2) is 6.17. The van der Waals surface area contributed by atoms with E-state index in [0.717, 1.165) is 19.4 Å². The van der Waals surface area contributed by atoms with Crippen molar-refractivity contribution < 1.29 is 0 Å². The average Bonchev–Trinajstić information content (AvgIpc) is 1.97. The zero-order chi connectivity index (χ0) is 8.69. The first-order valence-electron chi connectivity index (χ1n) is 4.11. The second-order valence-electron chi connectivity index (χ2n) is 3.07. The lowest BCUT2D eigenvalue weighted by molar-refractivity contribution is 0.879. The Morgan fingerprint density at radius 1 is 1.36 bits per heavy atom. The van der Waals surface area contributed by atoms with E-state index < -0.39 is 0 Å². The molecule has 1 heteroatoms. The van der Waals surface area contributed by atoms with Crippen molar-refractivity contribution >= 4 is 0 Å². The summed E-state index contributed by atoms with van der Waals surface area (Å²) in [6.45, 7) is 9.08. The van der Waals surface area contributed by atoms with Gasteiger partial charge in [0.15, 0.2) is 0 Å². The zero-order valence-electron chi connectivity index (χ0n) is 7.91. The van der Waals surface area contributed by atoms with E-state index in [1.54, 1.807) is 0 Å². The summed E-state index contributed by atoms with van der Waals surface area (Å²) in [4.78, 5) is 0. The molecular weight excluding hydrogens is 134 g/mol. The summed E-state index contributed by atoms with van der Waals surface area (Å²) in [6.07, 6.45) is 4.49. The smallest absolute Gasteiger partial charge is 0.0134 e. The molecule has 0 saturated heterocycles. The topological polar surface area (TPSA) is 12.0 Å². The molecule has 0 radical (unpaired) electrons. The van der Waals surface area contributed by atoms with E-state index in [2.05, 4.69) is 31.8 Å². The maximum atomic E-state index is 3.86. The van der Waals surface area contributed by atoms with Crippen LogP contribution in [0.2, 0.25) is 0 Å². The standard InChI is InChI=1S/C10H19N/c1-9(2)5-6-10(3)7-8-11-4/h7,11H,1,5-6,8H2,2-4H3/b10-7+. The first kappa shape index (κ1) is 10.4. The van der Waals surface area contributed by atoms with Gasteiger partial charge >= 0.3 is 0 Å². The highest BCUT2D eigenvalue weighted by molar-refractivity contribution is 5.02. The lowest BCUT2D eigenvalue weighted by Crippen LogP contribution is -2.04. The van der Waals surface area contributed by atoms with Crippen LogP contribution >= 0.6 is 0 Å². The maximum Gasteiger partial charge on any atom is 0.0134 e. The Hall–Kier alpha value is -0.560. The normalized spacial score (nSPS) is 11.7. The zero-order valence-corrected chi connectivity index (χ0v) is 7.91. The van der Waals surface area contributed by atoms with Crippen LogP contribution in [0.15, 0.2) is 23.8 Å². The van der Waals surface area contributed by atoms with Crippen LogP contribution in [0.5, 0.6) is 0 Å². The van der Waals surface area contributed by atoms with Gasteiger partial charge in [-0.25, -0.2) is 0 Å². The molecule has 1 nitrogen and oxygen atoms in total. The predicted molar refractivity (Wildman–Crippen MR) is 51.7 cm³/mol. The van der Waals surface area contributed by atoms with Gasteiger partial charge in [0.25, 0.3) is 0 Å². The minimum absolute atomic E-state index is 0.974. The van der Waals surface area contributed by atoms with Gasteiger partial charge in [0.05, 0.1) is 0 Å². The van der Waals surface area contributed by atoms with E-state index in [-0.39, 0.29) is 0 Å². The molecule has 0 rings (SSSR count). The fraction of sp³-hybridized carbons (Fsp3) is 0.600. The molecule has 0 amide bonds. The predicted octanol–water partition coefficient (Wildman–Crippen LogP) is 2.51. The van der Waals surface area contributed by atoms with Gasteiger partial charge in [-0.3, -0.25) is 0 Å². The molecule has 64 valence electrons. The summed E-state index contributed by atoms with van der Waals surface area (Å²) in [5, 5.41) is 3.09. The number of hydrogen-bond acceptors (Lipinski definition) is 1. The van der Waals surface area contributed by atoms with Gasteiger partial charge < -0.3 is 5.32 Å². The third-order valence-electron chi connectivity index (χ3n) is 1.60. The molecule has 0 aliphatic rings. The van der Waals surface area contributed by atoms with Gasteiger partial charge in [0, 0.05) is 6.54 Å². The summed E-state index contributed by atoms with van der Waals surface area (Å²) in [5.74, 6) is 0. The minimum Gasteiger partial charge on any atom is -0.316 e. The van der Waals surface area contributed by atoms with Crippen LogP contribution in [0, 0.1) is 0 Å². The van der Waals surface area contributed by atoms with E-state index in [0.29, 0.717) is 0 Å². The van der Waals surface area contributed by atoms with E-state index in [1.807, 2.05) is 7.05 Å². The molecule has 0 aromatic carbocycles. The summed E-state index contributed by atoms with van der Waals surface area (Å²) in [6, 6.07) is 0. The number of rotatable bonds is 5. The number of hydrogen-bond donors (Lipinski definition) is 1. The first-order chi connectivity index (χ1) is 5.16. The molecular formula is C10H19N. The largest absolute Gasteiger partial charge is 0.316 e. The van der Waals surface area contributed by atoms with Crippen LogP contribution < -0.4 is 5.32 Å². The fourth-order valence-corrected chi connectivity index (χ4v) is 0.789. The van der Waals surface area contributed by atoms with Crippen molar-refractivity contribution in [3.63, 3.8) is 0 Å². The molecule has 0 heterocycles. The summed E-state index contributed by atoms with van der Waals surface area (Å²) in [7, 11) is 1.96. The third kappa shape index (κ3) is 7.34. The summed E-state index contributed by atoms with van der Waals surface area (Å²) < 4.78 is 0. The Labute approximate surface area is 70.2 Å². The van der Waals surface area contributed by atoms with Crippen molar-refractivity contribution in [1.29, 1.82) is 0 Å². The van der Waals surface area contributed by atoms with E-state index >= 15 is 0 Å². The molecule has 0 bridgehead atoms. The fourth-order valence-electron chi connectivity index (χ4n) is 0.789. The van der Waals surface area contributed by atoms with Gasteiger partial charge in [0.1, 0.15) is 0 Å². The molecule has 0 atom stereocenters. The molecule has 0 aliphatic carbocycles. The average molecular weight is 153 g/mol. The molecule has 0 aromatic rings. The quantitative estimate of drug-likeness (QED) is 0.598. The first-order valence-corrected chi connectivity index (χ1v) is 4.11. The molecule has 0 spiro atoms. The van der Waals surface area contributed by atoms with Crippen LogP contribution in [0.25, 0.3) is 0 Å². The second-order valence-corrected chi connectivity index (χ2v) is 3.07. The van der Waals surface area contributed by atoms with Crippen molar-refractivity contribution in [2.45, 2.75) is 26.7 Å². The highest BCUT2D eigenvalue weighted by Crippen LogP contribution is 2.08. The Kier molecular flexibility index (Phi) is 5.86. The minimum atomic E-state index is 0.974. The molecule has 0 unspecified atom stereocenters. The van der Waals surface area contributed by atoms with E-state index in [1.165, 1.54) is 11.1 Å². The van der Waals surface area contributed by atoms with Gasteiger partial charge in [-0.1, -0.05) is 17.2 Å². The monoisotopic (exact) mass is 153 g/mol. The highest BCUT2D eigenvalue weighted by Gasteiger charge is 1.89. The van der Waals surface area contributed by atoms with Crippen LogP contribution in [-0.4, -0.2) is 13.6 Å². The molecule has 0 aliphatic heterocycles. The Balaban J connectivity index is 3.50. The maximum absolute atomic E-state index is 3.86. The van der Waals surface area contributed by atoms with Crippen LogP contribution in [-0.2, 0) is 0 Å². The summed E-state index contributed by atoms with van der Waals surface area (Å²) in [5.41, 5.74) is 2.71. The number of nitrogens with one attached hydrogen (secondary N) is 1. The molecule has 11 heavy (non-hydrogen) atoms. The van der Waals surface area contributed by atoms with E-state index in [9.17, 15) is 0 Å². The molecule has 0 aromatic heterocycles. The highest BCUT2D eigenvalue weighted by atomic mass is 14.8. The SMILES string of the molecule is C=C(C)CC/C(C)=C/CNC.